The topological polar surface area (TPSA) is 58.9 Å². The molecule has 3 saturated carbocycles. The van der Waals surface area contributed by atoms with E-state index < -0.39 is 6.29 Å². The van der Waals surface area contributed by atoms with E-state index in [1.807, 2.05) is 12.1 Å². The van der Waals surface area contributed by atoms with Crippen molar-refractivity contribution in [2.75, 3.05) is 6.61 Å². The normalized spacial score (nSPS) is 51.6. The van der Waals surface area contributed by atoms with Gasteiger partial charge in [-0.25, -0.2) is 0 Å². The van der Waals surface area contributed by atoms with E-state index in [0.717, 1.165) is 37.0 Å². The van der Waals surface area contributed by atoms with Crippen molar-refractivity contribution in [1.82, 2.24) is 0 Å². The van der Waals surface area contributed by atoms with Crippen molar-refractivity contribution in [1.29, 1.82) is 0 Å². The molecule has 30 heavy (non-hydrogen) atoms. The quantitative estimate of drug-likeness (QED) is 0.626. The number of aliphatic hydroxyl groups excluding tert-OH is 1. The van der Waals surface area contributed by atoms with Crippen LogP contribution in [0.25, 0.3) is 0 Å². The maximum atomic E-state index is 11.3. The van der Waals surface area contributed by atoms with Crippen LogP contribution in [0.2, 0.25) is 0 Å². The lowest BCUT2D eigenvalue weighted by atomic mass is 9.36. The van der Waals surface area contributed by atoms with Crippen LogP contribution in [0, 0.1) is 34.0 Å². The molecule has 3 aliphatic carbocycles. The van der Waals surface area contributed by atoms with Crippen LogP contribution in [0.4, 0.5) is 0 Å². The number of phenolic OH excluding ortho intramolecular Hbond substituents is 1. The molecule has 6 rings (SSSR count). The summed E-state index contributed by atoms with van der Waals surface area (Å²) in [5.74, 6) is 2.66. The lowest BCUT2D eigenvalue weighted by Crippen LogP contribution is -2.70. The Morgan fingerprint density at radius 2 is 1.77 bits per heavy atom. The van der Waals surface area contributed by atoms with Crippen LogP contribution < -0.4 is 4.74 Å². The Balaban J connectivity index is 1.45. The summed E-state index contributed by atoms with van der Waals surface area (Å²) in [5.41, 5.74) is 1.15. The van der Waals surface area contributed by atoms with Gasteiger partial charge in [-0.05, 0) is 98.3 Å². The first-order valence-corrected chi connectivity index (χ1v) is 12.0. The fourth-order valence-corrected chi connectivity index (χ4v) is 9.32. The number of benzene rings is 1. The van der Waals surface area contributed by atoms with E-state index in [-0.39, 0.29) is 21.8 Å². The summed E-state index contributed by atoms with van der Waals surface area (Å²) in [6.45, 7) is 7.91. The van der Waals surface area contributed by atoms with Gasteiger partial charge >= 0.3 is 0 Å². The smallest absolute Gasteiger partial charge is 0.160 e. The third kappa shape index (κ3) is 2.25. The van der Waals surface area contributed by atoms with Crippen LogP contribution in [0.3, 0.4) is 0 Å². The second-order valence-corrected chi connectivity index (χ2v) is 11.9. The van der Waals surface area contributed by atoms with Gasteiger partial charge in [0.05, 0.1) is 6.61 Å². The molecule has 0 radical (unpaired) electrons. The molecule has 8 atom stereocenters. The zero-order valence-electron chi connectivity index (χ0n) is 18.6. The van der Waals surface area contributed by atoms with E-state index in [4.69, 9.17) is 9.47 Å². The van der Waals surface area contributed by atoms with Crippen molar-refractivity contribution in [2.24, 2.45) is 34.0 Å². The molecule has 2 bridgehead atoms. The Hall–Kier alpha value is -1.26. The van der Waals surface area contributed by atoms with Crippen LogP contribution in [0.1, 0.15) is 71.3 Å². The molecule has 2 aliphatic heterocycles. The second-order valence-electron chi connectivity index (χ2n) is 11.9. The maximum absolute atomic E-state index is 11.3. The number of rotatable bonds is 0. The van der Waals surface area contributed by atoms with E-state index in [9.17, 15) is 10.2 Å². The molecule has 2 N–H and O–H groups in total. The number of aliphatic hydroxyl groups is 1. The molecule has 5 aliphatic rings. The highest BCUT2D eigenvalue weighted by Gasteiger charge is 2.71. The van der Waals surface area contributed by atoms with Crippen LogP contribution >= 0.6 is 0 Å². The molecule has 4 fully saturated rings. The van der Waals surface area contributed by atoms with Gasteiger partial charge in [0, 0.05) is 11.3 Å². The van der Waals surface area contributed by atoms with Crippen LogP contribution in [0.15, 0.2) is 18.2 Å². The van der Waals surface area contributed by atoms with E-state index in [1.165, 1.54) is 25.7 Å². The van der Waals surface area contributed by atoms with Crippen molar-refractivity contribution in [3.05, 3.63) is 23.8 Å². The fourth-order valence-electron chi connectivity index (χ4n) is 9.32. The van der Waals surface area contributed by atoms with Crippen molar-refractivity contribution < 1.29 is 19.7 Å². The monoisotopic (exact) mass is 412 g/mol. The Morgan fingerprint density at radius 3 is 2.60 bits per heavy atom. The summed E-state index contributed by atoms with van der Waals surface area (Å²) in [6, 6.07) is 5.56. The molecule has 1 saturated heterocycles. The highest BCUT2D eigenvalue weighted by atomic mass is 16.6. The Kier molecular flexibility index (Phi) is 3.85. The maximum Gasteiger partial charge on any atom is 0.160 e. The largest absolute Gasteiger partial charge is 0.508 e. The number of fused-ring (bicyclic) bond motifs is 4. The number of phenols is 1. The summed E-state index contributed by atoms with van der Waals surface area (Å²) in [5, 5.41) is 21.4. The molecule has 3 unspecified atom stereocenters. The van der Waals surface area contributed by atoms with Gasteiger partial charge < -0.3 is 19.7 Å². The third-order valence-corrected chi connectivity index (χ3v) is 10.6. The van der Waals surface area contributed by atoms with Crippen molar-refractivity contribution in [3.8, 4) is 11.5 Å². The SMILES string of the molecule is C[C@]12CCC[C@]3(C1CC[C@]1(C)C3CC[C@]3(C)Oc4ccc(O)cc4CC13)[C@@H](O)OC2. The second kappa shape index (κ2) is 5.95. The first-order valence-electron chi connectivity index (χ1n) is 12.0. The number of aromatic hydroxyl groups is 1. The first kappa shape index (κ1) is 19.4. The van der Waals surface area contributed by atoms with E-state index in [1.54, 1.807) is 6.07 Å². The summed E-state index contributed by atoms with van der Waals surface area (Å²) in [6.07, 6.45) is 8.35. The predicted molar refractivity (Wildman–Crippen MR) is 114 cm³/mol. The molecule has 4 heteroatoms. The van der Waals surface area contributed by atoms with E-state index in [0.29, 0.717) is 30.1 Å². The minimum atomic E-state index is -0.634. The summed E-state index contributed by atoms with van der Waals surface area (Å²) < 4.78 is 12.8. The van der Waals surface area contributed by atoms with Crippen LogP contribution in [-0.4, -0.2) is 28.7 Å². The van der Waals surface area contributed by atoms with Crippen molar-refractivity contribution >= 4 is 0 Å². The van der Waals surface area contributed by atoms with Gasteiger partial charge in [0.1, 0.15) is 17.1 Å². The molecule has 164 valence electrons. The highest BCUT2D eigenvalue weighted by molar-refractivity contribution is 5.43. The van der Waals surface area contributed by atoms with Crippen molar-refractivity contribution in [2.45, 2.75) is 84.0 Å². The fraction of sp³-hybridized carbons (Fsp3) is 0.769. The summed E-state index contributed by atoms with van der Waals surface area (Å²) >= 11 is 0. The summed E-state index contributed by atoms with van der Waals surface area (Å²) in [4.78, 5) is 0. The Bertz CT molecular complexity index is 884. The van der Waals surface area contributed by atoms with Gasteiger partial charge in [0.2, 0.25) is 0 Å². The third-order valence-electron chi connectivity index (χ3n) is 10.6. The molecule has 0 spiro atoms. The number of ether oxygens (including phenoxy) is 2. The van der Waals surface area contributed by atoms with E-state index >= 15 is 0 Å². The Morgan fingerprint density at radius 1 is 0.967 bits per heavy atom. The molecular weight excluding hydrogens is 376 g/mol. The number of hydrogen-bond acceptors (Lipinski definition) is 4. The molecule has 2 heterocycles. The van der Waals surface area contributed by atoms with Crippen molar-refractivity contribution in [3.63, 3.8) is 0 Å². The predicted octanol–water partition coefficient (Wildman–Crippen LogP) is 5.05. The highest BCUT2D eigenvalue weighted by Crippen LogP contribution is 2.73. The van der Waals surface area contributed by atoms with Crippen LogP contribution in [-0.2, 0) is 11.2 Å². The van der Waals surface area contributed by atoms with Gasteiger partial charge in [-0.15, -0.1) is 0 Å². The molecule has 0 aromatic heterocycles. The lowest BCUT2D eigenvalue weighted by Gasteiger charge is -2.71. The average molecular weight is 413 g/mol. The first-order chi connectivity index (χ1) is 14.2. The van der Waals surface area contributed by atoms with E-state index in [2.05, 4.69) is 20.8 Å². The summed E-state index contributed by atoms with van der Waals surface area (Å²) in [7, 11) is 0. The zero-order valence-corrected chi connectivity index (χ0v) is 18.6. The average Bonchev–Trinajstić information content (AvgIpc) is 2.70. The zero-order chi connectivity index (χ0) is 20.9. The minimum Gasteiger partial charge on any atom is -0.508 e. The van der Waals surface area contributed by atoms with Gasteiger partial charge in [0.15, 0.2) is 6.29 Å². The Labute approximate surface area is 180 Å². The molecule has 0 amide bonds. The minimum absolute atomic E-state index is 0.104. The molecule has 4 nitrogen and oxygen atoms in total. The van der Waals surface area contributed by atoms with Gasteiger partial charge in [-0.1, -0.05) is 20.3 Å². The standard InChI is InChI=1S/C26H36O4/c1-23-9-4-10-26(22(28)29-15-23)19(23)7-11-24(2)20(26)8-12-25(3)21(24)14-16-13-17(27)5-6-18(16)30-25/h5-6,13,19-22,27-28H,4,7-12,14-15H2,1-3H3/t19?,20?,21?,22-,23+,24+,25-,26+/m0/s1. The van der Waals surface area contributed by atoms with Gasteiger partial charge in [0.25, 0.3) is 0 Å². The molecular formula is C26H36O4. The van der Waals surface area contributed by atoms with Crippen LogP contribution in [0.5, 0.6) is 11.5 Å². The lowest BCUT2D eigenvalue weighted by molar-refractivity contribution is -0.341. The number of hydrogen-bond donors (Lipinski definition) is 2. The molecule has 1 aromatic rings. The van der Waals surface area contributed by atoms with Gasteiger partial charge in [-0.2, -0.15) is 0 Å². The molecule has 1 aromatic carbocycles. The van der Waals surface area contributed by atoms with Gasteiger partial charge in [-0.3, -0.25) is 0 Å².